The quantitative estimate of drug-likeness (QED) is 0.164. The fourth-order valence-electron chi connectivity index (χ4n) is 7.63. The zero-order valence-corrected chi connectivity index (χ0v) is 26.6. The second kappa shape index (κ2) is 12.5. The summed E-state index contributed by atoms with van der Waals surface area (Å²) in [5.74, 6) is 0.584. The molecule has 7 rings (SSSR count). The lowest BCUT2D eigenvalue weighted by Crippen LogP contribution is -2.45. The zero-order chi connectivity index (χ0) is 35.5. The average molecular weight is 663 g/mol. The van der Waals surface area contributed by atoms with E-state index in [4.69, 9.17) is 13.9 Å². The summed E-state index contributed by atoms with van der Waals surface area (Å²) in [6.45, 7) is -2.21. The number of anilines is 1. The summed E-state index contributed by atoms with van der Waals surface area (Å²) in [4.78, 5) is 17.1. The number of aromatic hydroxyl groups is 1. The van der Waals surface area contributed by atoms with Crippen LogP contribution in [0.1, 0.15) is 53.3 Å². The fraction of sp³-hybridized carbons (Fsp3) is 0.417. The monoisotopic (exact) mass is 662 g/mol. The van der Waals surface area contributed by atoms with E-state index in [0.29, 0.717) is 18.4 Å². The van der Waals surface area contributed by atoms with E-state index in [1.807, 2.05) is 14.1 Å². The summed E-state index contributed by atoms with van der Waals surface area (Å²) < 4.78 is 83.4. The van der Waals surface area contributed by atoms with Crippen LogP contribution >= 0.6 is 0 Å². The van der Waals surface area contributed by atoms with Crippen LogP contribution in [0.25, 0.3) is 32.9 Å². The topological polar surface area (TPSA) is 86.6 Å². The number of phenols is 1. The number of aromatic nitrogens is 3. The lowest BCUT2D eigenvalue weighted by atomic mass is 9.89. The van der Waals surface area contributed by atoms with Crippen molar-refractivity contribution >= 4 is 27.5 Å². The molecule has 1 aliphatic carbocycles. The van der Waals surface area contributed by atoms with Gasteiger partial charge in [0.15, 0.2) is 5.82 Å². The van der Waals surface area contributed by atoms with E-state index < -0.39 is 35.8 Å². The maximum atomic E-state index is 16.9. The Balaban J connectivity index is 1.40. The van der Waals surface area contributed by atoms with Crippen molar-refractivity contribution in [3.8, 4) is 35.4 Å². The molecule has 2 aliphatic heterocycles. The molecule has 1 unspecified atom stereocenters. The first-order valence-corrected chi connectivity index (χ1v) is 16.0. The average Bonchev–Trinajstić information content (AvgIpc) is 3.66. The molecule has 0 amide bonds. The number of phenolic OH excluding ortho intramolecular Hbond substituents is 1. The van der Waals surface area contributed by atoms with Gasteiger partial charge in [-0.05, 0) is 76.3 Å². The number of nitrogens with one attached hydrogen (secondary N) is 1. The van der Waals surface area contributed by atoms with Crippen LogP contribution in [0.15, 0.2) is 42.1 Å². The van der Waals surface area contributed by atoms with Gasteiger partial charge in [-0.1, -0.05) is 24.8 Å². The maximum Gasteiger partial charge on any atom is 0.319 e. The molecular formula is C36H36F4N6O2. The van der Waals surface area contributed by atoms with E-state index in [-0.39, 0.29) is 81.7 Å². The standard InChI is InChI=1S/C36H36F4N6O2/c1-4-23-26(37)11-10-20-14-22(47)15-24(29(20)23)31-30(38)32-25(17-41-31)34(42-27-8-5-6-9-28(27)45(2)3)44-35(43-32)48-19-36-12-7-13-46(36)18-21(16-36)33(39)40/h1,10-11,14-15,17,27-28,47H,5-9,12-13,16,18-19H2,2-3H3,(H,42,43,44)/t27-,28-,36?/m0/s1/i19D2. The number of rotatable bonds is 7. The van der Waals surface area contributed by atoms with Gasteiger partial charge < -0.3 is 20.1 Å². The molecule has 48 heavy (non-hydrogen) atoms. The Morgan fingerprint density at radius 2 is 2.02 bits per heavy atom. The molecule has 250 valence electrons. The van der Waals surface area contributed by atoms with Gasteiger partial charge in [0.25, 0.3) is 6.08 Å². The molecule has 3 fully saturated rings. The van der Waals surface area contributed by atoms with Gasteiger partial charge in [0, 0.05) is 41.3 Å². The van der Waals surface area contributed by atoms with Crippen LogP contribution in [0.3, 0.4) is 0 Å². The predicted octanol–water partition coefficient (Wildman–Crippen LogP) is 6.86. The minimum absolute atomic E-state index is 0.0247. The van der Waals surface area contributed by atoms with Crippen molar-refractivity contribution in [2.45, 2.75) is 62.6 Å². The summed E-state index contributed by atoms with van der Waals surface area (Å²) in [5.41, 5.74) is -2.20. The number of terminal acetylenes is 1. The highest BCUT2D eigenvalue weighted by molar-refractivity contribution is 6.03. The number of halogens is 4. The van der Waals surface area contributed by atoms with Crippen molar-refractivity contribution in [2.75, 3.05) is 39.1 Å². The fourth-order valence-corrected chi connectivity index (χ4v) is 7.63. The lowest BCUT2D eigenvalue weighted by molar-refractivity contribution is 0.108. The minimum atomic E-state index is -2.55. The second-order valence-electron chi connectivity index (χ2n) is 13.1. The van der Waals surface area contributed by atoms with Crippen molar-refractivity contribution in [3.05, 3.63) is 59.3 Å². The van der Waals surface area contributed by atoms with E-state index in [2.05, 4.69) is 31.1 Å². The number of nitrogens with zero attached hydrogens (tertiary/aromatic N) is 5. The van der Waals surface area contributed by atoms with Crippen LogP contribution in [-0.4, -0.2) is 81.2 Å². The smallest absolute Gasteiger partial charge is 0.319 e. The van der Waals surface area contributed by atoms with Gasteiger partial charge in [-0.25, -0.2) is 8.78 Å². The molecular weight excluding hydrogens is 624 g/mol. The number of hydrogen-bond acceptors (Lipinski definition) is 8. The Morgan fingerprint density at radius 1 is 1.21 bits per heavy atom. The van der Waals surface area contributed by atoms with Crippen molar-refractivity contribution in [2.24, 2.45) is 0 Å². The van der Waals surface area contributed by atoms with Crippen LogP contribution in [0.4, 0.5) is 23.4 Å². The van der Waals surface area contributed by atoms with Crippen LogP contribution < -0.4 is 10.1 Å². The first-order valence-electron chi connectivity index (χ1n) is 17.0. The number of pyridine rings is 1. The zero-order valence-electron chi connectivity index (χ0n) is 28.6. The minimum Gasteiger partial charge on any atom is -0.508 e. The highest BCUT2D eigenvalue weighted by atomic mass is 19.3. The molecule has 2 N–H and O–H groups in total. The first kappa shape index (κ1) is 29.7. The molecule has 2 aromatic carbocycles. The van der Waals surface area contributed by atoms with Crippen molar-refractivity contribution in [3.63, 3.8) is 0 Å². The molecule has 3 atom stereocenters. The second-order valence-corrected chi connectivity index (χ2v) is 13.1. The summed E-state index contributed by atoms with van der Waals surface area (Å²) in [6, 6.07) is 4.71. The molecule has 0 spiro atoms. The number of fused-ring (bicyclic) bond motifs is 3. The van der Waals surface area contributed by atoms with Crippen LogP contribution in [0.5, 0.6) is 11.8 Å². The van der Waals surface area contributed by atoms with E-state index in [0.717, 1.165) is 31.7 Å². The van der Waals surface area contributed by atoms with E-state index >= 15 is 4.39 Å². The Morgan fingerprint density at radius 3 is 2.79 bits per heavy atom. The largest absolute Gasteiger partial charge is 0.508 e. The Bertz CT molecular complexity index is 2090. The van der Waals surface area contributed by atoms with Crippen LogP contribution in [0, 0.1) is 24.0 Å². The van der Waals surface area contributed by atoms with Gasteiger partial charge in [0.1, 0.15) is 35.2 Å². The molecule has 1 saturated carbocycles. The molecule has 4 aromatic rings. The number of hydrogen-bond donors (Lipinski definition) is 2. The molecule has 3 aliphatic rings. The van der Waals surface area contributed by atoms with E-state index in [1.165, 1.54) is 24.4 Å². The van der Waals surface area contributed by atoms with Gasteiger partial charge in [-0.15, -0.1) is 6.42 Å². The molecule has 12 heteroatoms. The normalized spacial score (nSPS) is 23.7. The SMILES string of the molecule is [2H]C([2H])(Oc1nc(N[C@H]2CCCC[C@@H]2N(C)C)c2cnc(-c3cc(O)cc4ccc(F)c(C#C)c34)c(F)c2n1)C12CCCN1CC(=C(F)F)C2. The molecule has 8 nitrogen and oxygen atoms in total. The molecule has 4 heterocycles. The number of benzene rings is 2. The number of likely N-dealkylation sites (N-methyl/N-ethyl adjacent to an activating group) is 1. The molecule has 2 saturated heterocycles. The third-order valence-corrected chi connectivity index (χ3v) is 9.94. The van der Waals surface area contributed by atoms with Gasteiger partial charge in [0.2, 0.25) is 0 Å². The third kappa shape index (κ3) is 5.58. The maximum absolute atomic E-state index is 16.9. The van der Waals surface area contributed by atoms with Gasteiger partial charge in [-0.2, -0.15) is 18.7 Å². The van der Waals surface area contributed by atoms with Gasteiger partial charge >= 0.3 is 6.01 Å². The molecule has 2 aromatic heterocycles. The first-order chi connectivity index (χ1) is 23.8. The lowest BCUT2D eigenvalue weighted by Gasteiger charge is -2.37. The predicted molar refractivity (Wildman–Crippen MR) is 176 cm³/mol. The Hall–Kier alpha value is -4.47. The summed E-state index contributed by atoms with van der Waals surface area (Å²) >= 11 is 0. The van der Waals surface area contributed by atoms with E-state index in [1.54, 1.807) is 4.90 Å². The Labute approximate surface area is 278 Å². The van der Waals surface area contributed by atoms with Crippen molar-refractivity contribution in [1.82, 2.24) is 24.8 Å². The van der Waals surface area contributed by atoms with Gasteiger partial charge in [-0.3, -0.25) is 9.88 Å². The molecule has 0 radical (unpaired) electrons. The number of ether oxygens (including phenoxy) is 1. The highest BCUT2D eigenvalue weighted by Crippen LogP contribution is 2.43. The summed E-state index contributed by atoms with van der Waals surface area (Å²) in [5, 5.41) is 14.7. The summed E-state index contributed by atoms with van der Waals surface area (Å²) in [6.07, 6.45) is 9.51. The highest BCUT2D eigenvalue weighted by Gasteiger charge is 2.48. The van der Waals surface area contributed by atoms with Crippen molar-refractivity contribution < 1.29 is 30.1 Å². The molecule has 0 bridgehead atoms. The van der Waals surface area contributed by atoms with Crippen LogP contribution in [0.2, 0.25) is 0 Å². The van der Waals surface area contributed by atoms with E-state index in [9.17, 15) is 18.3 Å². The van der Waals surface area contributed by atoms with Gasteiger partial charge in [0.05, 0.1) is 19.2 Å². The Kier molecular flexibility index (Phi) is 7.74. The van der Waals surface area contributed by atoms with Crippen LogP contribution in [-0.2, 0) is 0 Å². The summed E-state index contributed by atoms with van der Waals surface area (Å²) in [7, 11) is 3.95. The van der Waals surface area contributed by atoms with Crippen molar-refractivity contribution in [1.29, 1.82) is 0 Å². The third-order valence-electron chi connectivity index (χ3n) is 9.94.